The number of ether oxygens (including phenoxy) is 1. The molecule has 0 unspecified atom stereocenters. The van der Waals surface area contributed by atoms with E-state index in [-0.39, 0.29) is 5.97 Å². The molecule has 5 heteroatoms. The van der Waals surface area contributed by atoms with Crippen molar-refractivity contribution in [2.24, 2.45) is 0 Å². The number of hydrogen-bond acceptors (Lipinski definition) is 5. The van der Waals surface area contributed by atoms with Crippen molar-refractivity contribution < 1.29 is 14.3 Å². The number of carbonyl (C=O) groups excluding carboxylic acids is 2. The lowest BCUT2D eigenvalue weighted by molar-refractivity contribution is -0.139. The molecule has 0 radical (unpaired) electrons. The van der Waals surface area contributed by atoms with E-state index < -0.39 is 0 Å². The number of hydrogen-bond donors (Lipinski definition) is 0. The monoisotopic (exact) mass is 230 g/mol. The van der Waals surface area contributed by atoms with E-state index in [1.165, 1.54) is 23.1 Å². The van der Waals surface area contributed by atoms with Crippen LogP contribution >= 0.6 is 23.1 Å². The summed E-state index contributed by atoms with van der Waals surface area (Å²) in [7, 11) is 0. The number of thiophene rings is 1. The molecule has 1 aromatic heterocycles. The summed E-state index contributed by atoms with van der Waals surface area (Å²) in [6.07, 6.45) is 0.805. The number of carbonyl (C=O) groups is 2. The molecular weight excluding hydrogens is 220 g/mol. The molecule has 0 aliphatic heterocycles. The van der Waals surface area contributed by atoms with Crippen molar-refractivity contribution in [3.8, 4) is 0 Å². The zero-order valence-electron chi connectivity index (χ0n) is 7.69. The van der Waals surface area contributed by atoms with Gasteiger partial charge in [-0.25, -0.2) is 0 Å². The molecule has 1 aromatic rings. The van der Waals surface area contributed by atoms with Crippen LogP contribution in [0.2, 0.25) is 0 Å². The highest BCUT2D eigenvalue weighted by atomic mass is 32.2. The Labute approximate surface area is 90.5 Å². The molecular formula is C9H10O3S2. The van der Waals surface area contributed by atoms with Crippen LogP contribution in [0.1, 0.15) is 16.6 Å². The predicted octanol–water partition coefficient (Wildman–Crippen LogP) is 2.22. The quantitative estimate of drug-likeness (QED) is 0.442. The lowest BCUT2D eigenvalue weighted by Crippen LogP contribution is -2.05. The number of thioether (sulfide) groups is 1. The Kier molecular flexibility index (Phi) is 4.69. The van der Waals surface area contributed by atoms with E-state index in [1.807, 2.05) is 6.07 Å². The van der Waals surface area contributed by atoms with Crippen molar-refractivity contribution in [3.05, 3.63) is 17.0 Å². The van der Waals surface area contributed by atoms with Crippen LogP contribution in [0, 0.1) is 0 Å². The van der Waals surface area contributed by atoms with Crippen LogP contribution in [0.15, 0.2) is 16.3 Å². The van der Waals surface area contributed by atoms with Crippen LogP contribution in [0.3, 0.4) is 0 Å². The van der Waals surface area contributed by atoms with Crippen LogP contribution < -0.4 is 0 Å². The topological polar surface area (TPSA) is 43.4 Å². The third-order valence-electron chi connectivity index (χ3n) is 1.36. The van der Waals surface area contributed by atoms with Crippen molar-refractivity contribution in [1.82, 2.24) is 0 Å². The van der Waals surface area contributed by atoms with Crippen molar-refractivity contribution in [3.63, 3.8) is 0 Å². The summed E-state index contributed by atoms with van der Waals surface area (Å²) in [5, 5.41) is 0. The lowest BCUT2D eigenvalue weighted by atomic mass is 10.5. The van der Waals surface area contributed by atoms with Crippen molar-refractivity contribution >= 4 is 35.4 Å². The first-order chi connectivity index (χ1) is 6.76. The molecule has 0 N–H and O–H groups in total. The van der Waals surface area contributed by atoms with Gasteiger partial charge in [-0.2, -0.15) is 0 Å². The molecule has 0 spiro atoms. The fourth-order valence-corrected chi connectivity index (χ4v) is 2.57. The molecule has 0 saturated carbocycles. The van der Waals surface area contributed by atoms with Gasteiger partial charge in [0.1, 0.15) is 0 Å². The Hall–Kier alpha value is -0.810. The van der Waals surface area contributed by atoms with E-state index in [2.05, 4.69) is 0 Å². The van der Waals surface area contributed by atoms with E-state index in [0.717, 1.165) is 10.5 Å². The van der Waals surface area contributed by atoms with Crippen molar-refractivity contribution in [2.75, 3.05) is 12.4 Å². The minimum atomic E-state index is -0.224. The van der Waals surface area contributed by atoms with Crippen molar-refractivity contribution in [1.29, 1.82) is 0 Å². The van der Waals surface area contributed by atoms with E-state index in [4.69, 9.17) is 4.74 Å². The van der Waals surface area contributed by atoms with Gasteiger partial charge < -0.3 is 4.74 Å². The fourth-order valence-electron chi connectivity index (χ4n) is 0.808. The normalized spacial score (nSPS) is 9.79. The third-order valence-corrected chi connectivity index (χ3v) is 3.57. The zero-order chi connectivity index (χ0) is 10.4. The fraction of sp³-hybridized carbons (Fsp3) is 0.333. The summed E-state index contributed by atoms with van der Waals surface area (Å²) in [5.74, 6) is 0.0747. The summed E-state index contributed by atoms with van der Waals surface area (Å²) in [6, 6.07) is 3.57. The molecule has 14 heavy (non-hydrogen) atoms. The van der Waals surface area contributed by atoms with E-state index >= 15 is 0 Å². The van der Waals surface area contributed by atoms with Crippen LogP contribution in [0.4, 0.5) is 0 Å². The van der Waals surface area contributed by atoms with E-state index in [9.17, 15) is 9.59 Å². The number of esters is 1. The Balaban J connectivity index is 2.37. The SMILES string of the molecule is CCOC(=O)CSc1ccc(C=O)s1. The van der Waals surface area contributed by atoms with Gasteiger partial charge in [-0.15, -0.1) is 23.1 Å². The van der Waals surface area contributed by atoms with Gasteiger partial charge in [0.05, 0.1) is 21.4 Å². The highest BCUT2D eigenvalue weighted by molar-refractivity contribution is 8.01. The minimum Gasteiger partial charge on any atom is -0.465 e. The molecule has 0 fully saturated rings. The third kappa shape index (κ3) is 3.51. The van der Waals surface area contributed by atoms with Gasteiger partial charge in [-0.3, -0.25) is 9.59 Å². The molecule has 0 aliphatic carbocycles. The number of aldehydes is 1. The molecule has 0 aromatic carbocycles. The van der Waals surface area contributed by atoms with Crippen LogP contribution in [-0.2, 0) is 9.53 Å². The standard InChI is InChI=1S/C9H10O3S2/c1-2-12-8(11)6-13-9-4-3-7(5-10)14-9/h3-5H,2,6H2,1H3. The Morgan fingerprint density at radius 3 is 3.00 bits per heavy atom. The molecule has 0 aliphatic rings. The summed E-state index contributed by atoms with van der Waals surface area (Å²) >= 11 is 2.77. The van der Waals surface area contributed by atoms with Crippen molar-refractivity contribution in [2.45, 2.75) is 11.1 Å². The second kappa shape index (κ2) is 5.82. The van der Waals surface area contributed by atoms with E-state index in [0.29, 0.717) is 17.2 Å². The summed E-state index contributed by atoms with van der Waals surface area (Å²) < 4.78 is 5.73. The molecule has 1 rings (SSSR count). The second-order valence-electron chi connectivity index (χ2n) is 2.37. The number of rotatable bonds is 5. The summed E-state index contributed by atoms with van der Waals surface area (Å²) in [6.45, 7) is 2.18. The lowest BCUT2D eigenvalue weighted by Gasteiger charge is -1.98. The molecule has 1 heterocycles. The zero-order valence-corrected chi connectivity index (χ0v) is 9.32. The van der Waals surface area contributed by atoms with Crippen LogP contribution in [0.5, 0.6) is 0 Å². The predicted molar refractivity (Wildman–Crippen MR) is 57.1 cm³/mol. The molecule has 3 nitrogen and oxygen atoms in total. The highest BCUT2D eigenvalue weighted by Gasteiger charge is 2.05. The largest absolute Gasteiger partial charge is 0.465 e. The average Bonchev–Trinajstić information content (AvgIpc) is 2.63. The summed E-state index contributed by atoms with van der Waals surface area (Å²) in [4.78, 5) is 22.0. The Bertz CT molecular complexity index is 320. The maximum absolute atomic E-state index is 11.0. The highest BCUT2D eigenvalue weighted by Crippen LogP contribution is 2.26. The second-order valence-corrected chi connectivity index (χ2v) is 4.76. The average molecular weight is 230 g/mol. The van der Waals surface area contributed by atoms with Crippen LogP contribution in [0.25, 0.3) is 0 Å². The van der Waals surface area contributed by atoms with Gasteiger partial charge in [-0.05, 0) is 19.1 Å². The molecule has 0 saturated heterocycles. The first-order valence-corrected chi connectivity index (χ1v) is 5.90. The van der Waals surface area contributed by atoms with Gasteiger partial charge in [0.2, 0.25) is 0 Å². The van der Waals surface area contributed by atoms with Crippen LogP contribution in [-0.4, -0.2) is 24.6 Å². The first-order valence-electron chi connectivity index (χ1n) is 4.09. The minimum absolute atomic E-state index is 0.224. The maximum atomic E-state index is 11.0. The van der Waals surface area contributed by atoms with Gasteiger partial charge in [0, 0.05) is 0 Å². The smallest absolute Gasteiger partial charge is 0.316 e. The van der Waals surface area contributed by atoms with Gasteiger partial charge >= 0.3 is 5.97 Å². The van der Waals surface area contributed by atoms with Gasteiger partial charge in [0.25, 0.3) is 0 Å². The first kappa shape index (κ1) is 11.3. The molecule has 0 amide bonds. The molecule has 0 bridgehead atoms. The Morgan fingerprint density at radius 2 is 2.43 bits per heavy atom. The maximum Gasteiger partial charge on any atom is 0.316 e. The van der Waals surface area contributed by atoms with E-state index in [1.54, 1.807) is 13.0 Å². The Morgan fingerprint density at radius 1 is 1.64 bits per heavy atom. The van der Waals surface area contributed by atoms with Gasteiger partial charge in [0.15, 0.2) is 6.29 Å². The molecule has 76 valence electrons. The molecule has 0 atom stereocenters. The summed E-state index contributed by atoms with van der Waals surface area (Å²) in [5.41, 5.74) is 0. The van der Waals surface area contributed by atoms with Gasteiger partial charge in [-0.1, -0.05) is 0 Å².